The van der Waals surface area contributed by atoms with E-state index in [9.17, 15) is 34.5 Å². The number of ether oxygens (including phenoxy) is 5. The minimum Gasteiger partial charge on any atom is -0.479 e. The zero-order valence-electron chi connectivity index (χ0n) is 50.2. The molecule has 1 aliphatic rings. The van der Waals surface area contributed by atoms with Crippen LogP contribution in [0.1, 0.15) is 226 Å². The zero-order chi connectivity index (χ0) is 58.9. The fourth-order valence-corrected chi connectivity index (χ4v) is 8.50. The first kappa shape index (κ1) is 73.9. The highest BCUT2D eigenvalue weighted by Gasteiger charge is 2.50. The van der Waals surface area contributed by atoms with Crippen LogP contribution in [0.25, 0.3) is 0 Å². The fraction of sp³-hybridized carbons (Fsp3) is 0.623. The van der Waals surface area contributed by atoms with Gasteiger partial charge in [-0.15, -0.1) is 0 Å². The molecule has 0 aromatic carbocycles. The van der Waals surface area contributed by atoms with Crippen molar-refractivity contribution in [2.45, 2.75) is 263 Å². The first-order valence-corrected chi connectivity index (χ1v) is 31.2. The summed E-state index contributed by atoms with van der Waals surface area (Å²) in [5.41, 5.74) is 0. The van der Waals surface area contributed by atoms with Crippen molar-refractivity contribution < 1.29 is 58.2 Å². The Morgan fingerprint density at radius 2 is 0.802 bits per heavy atom. The number of unbranched alkanes of at least 4 members (excludes halogenated alkanes) is 15. The van der Waals surface area contributed by atoms with Crippen LogP contribution in [0.5, 0.6) is 0 Å². The van der Waals surface area contributed by atoms with Crippen molar-refractivity contribution in [3.8, 4) is 0 Å². The molecule has 1 heterocycles. The molecule has 3 N–H and O–H groups in total. The average Bonchev–Trinajstić information content (AvgIpc) is 3.53. The van der Waals surface area contributed by atoms with Crippen LogP contribution in [0.15, 0.2) is 134 Å². The molecule has 0 saturated carbocycles. The molecular weight excluding hydrogens is 1020 g/mol. The van der Waals surface area contributed by atoms with Gasteiger partial charge >= 0.3 is 23.9 Å². The molecule has 1 saturated heterocycles. The average molecular weight is 1130 g/mol. The van der Waals surface area contributed by atoms with Crippen LogP contribution >= 0.6 is 0 Å². The van der Waals surface area contributed by atoms with Crippen molar-refractivity contribution in [2.24, 2.45) is 0 Å². The van der Waals surface area contributed by atoms with Gasteiger partial charge in [0.05, 0.1) is 6.61 Å². The van der Waals surface area contributed by atoms with Crippen LogP contribution in [0.4, 0.5) is 0 Å². The molecule has 0 spiro atoms. The van der Waals surface area contributed by atoms with Gasteiger partial charge in [-0.3, -0.25) is 14.4 Å². The van der Waals surface area contributed by atoms with Gasteiger partial charge in [0.1, 0.15) is 18.8 Å². The highest BCUT2D eigenvalue weighted by Crippen LogP contribution is 2.26. The predicted octanol–water partition coefficient (Wildman–Crippen LogP) is 16.6. The number of aliphatic hydroxyl groups excluding tert-OH is 2. The van der Waals surface area contributed by atoms with Gasteiger partial charge in [0.25, 0.3) is 0 Å². The number of carboxylic acids is 1. The molecule has 1 fully saturated rings. The molecule has 6 unspecified atom stereocenters. The Morgan fingerprint density at radius 1 is 0.420 bits per heavy atom. The van der Waals surface area contributed by atoms with E-state index in [-0.39, 0.29) is 25.9 Å². The largest absolute Gasteiger partial charge is 0.479 e. The van der Waals surface area contributed by atoms with E-state index in [1.165, 1.54) is 57.8 Å². The highest BCUT2D eigenvalue weighted by molar-refractivity contribution is 5.74. The summed E-state index contributed by atoms with van der Waals surface area (Å²) < 4.78 is 28.3. The number of carbonyl (C=O) groups is 4. The smallest absolute Gasteiger partial charge is 0.335 e. The first-order valence-electron chi connectivity index (χ1n) is 31.2. The van der Waals surface area contributed by atoms with E-state index in [1.54, 1.807) is 0 Å². The van der Waals surface area contributed by atoms with Gasteiger partial charge in [-0.05, 0) is 122 Å². The SMILES string of the molecule is CC/C=C\C/C=C\C/C=C\C/C=C\C/C=C\C/C=C\CCC(=O)OCC(COC1OC(C(=O)O)C(O)C(O)C1OC(=O)CCCC/C=C\C/C=C\C/C=C\C/C=C\CC)OC(=O)CCCCCCCCC/C=C\CCCCCCCC. The zero-order valence-corrected chi connectivity index (χ0v) is 50.2. The maximum atomic E-state index is 13.2. The van der Waals surface area contributed by atoms with E-state index >= 15 is 0 Å². The lowest BCUT2D eigenvalue weighted by atomic mass is 9.98. The molecule has 12 heteroatoms. The van der Waals surface area contributed by atoms with Crippen molar-refractivity contribution in [1.82, 2.24) is 0 Å². The molecule has 0 radical (unpaired) electrons. The van der Waals surface area contributed by atoms with E-state index in [1.807, 2.05) is 12.2 Å². The van der Waals surface area contributed by atoms with Crippen LogP contribution in [0, 0.1) is 0 Å². The normalized spacial score (nSPS) is 18.7. The number of aliphatic carboxylic acids is 1. The summed E-state index contributed by atoms with van der Waals surface area (Å²) in [6.07, 6.45) is 65.7. The number of rotatable bonds is 51. The molecule has 456 valence electrons. The van der Waals surface area contributed by atoms with Crippen LogP contribution in [-0.2, 0) is 42.9 Å². The standard InChI is InChI=1S/C69H108O12/c1-4-7-10-13-16-19-22-25-28-30-31-33-35-37-40-43-46-49-52-55-61(70)77-58-60(79-62(71)56-53-50-47-44-41-39-36-32-29-26-23-20-17-14-11-8-5-2)59-78-69-67(65(74)64(73)66(81-69)68(75)76)80-63(72)57-54-51-48-45-42-38-34-27-24-21-18-15-12-9-6-3/h7,9-10,12,16,18-19,21,25-29,31,33-34,37,40,42,45-46,49,60,64-67,69,73-74H,4-6,8,11,13-15,17,20,22-24,30,32,35-36,38-39,41,43-44,47-48,50-59H2,1-3H3,(H,75,76)/b10-7-,12-9-,19-16-,21-18-,28-25-,29-26-,33-31-,34-27-,40-37-,45-42-,49-46-. The number of carbonyl (C=O) groups excluding carboxylic acids is 3. The molecule has 1 rings (SSSR count). The second-order valence-corrected chi connectivity index (χ2v) is 20.6. The first-order chi connectivity index (χ1) is 39.6. The lowest BCUT2D eigenvalue weighted by Crippen LogP contribution is -2.61. The Kier molecular flexibility index (Phi) is 50.5. The van der Waals surface area contributed by atoms with Gasteiger partial charge in [0.15, 0.2) is 24.6 Å². The van der Waals surface area contributed by atoms with Crippen molar-refractivity contribution in [1.29, 1.82) is 0 Å². The Morgan fingerprint density at radius 3 is 1.27 bits per heavy atom. The lowest BCUT2D eigenvalue weighted by molar-refractivity contribution is -0.301. The summed E-state index contributed by atoms with van der Waals surface area (Å²) in [6, 6.07) is 0. The van der Waals surface area contributed by atoms with Gasteiger partial charge in [-0.25, -0.2) is 4.79 Å². The molecule has 6 atom stereocenters. The van der Waals surface area contributed by atoms with Crippen LogP contribution in [0.2, 0.25) is 0 Å². The summed E-state index contributed by atoms with van der Waals surface area (Å²) in [6.45, 7) is 5.67. The Labute approximate surface area is 490 Å². The molecule has 81 heavy (non-hydrogen) atoms. The van der Waals surface area contributed by atoms with Crippen molar-refractivity contribution in [3.63, 3.8) is 0 Å². The van der Waals surface area contributed by atoms with E-state index in [2.05, 4.69) is 142 Å². The van der Waals surface area contributed by atoms with Gasteiger partial charge < -0.3 is 39.0 Å². The summed E-state index contributed by atoms with van der Waals surface area (Å²) in [7, 11) is 0. The van der Waals surface area contributed by atoms with Crippen LogP contribution < -0.4 is 0 Å². The number of hydrogen-bond acceptors (Lipinski definition) is 11. The monoisotopic (exact) mass is 1130 g/mol. The molecule has 12 nitrogen and oxygen atoms in total. The second-order valence-electron chi connectivity index (χ2n) is 20.6. The molecule has 0 aliphatic carbocycles. The maximum Gasteiger partial charge on any atom is 0.335 e. The highest BCUT2D eigenvalue weighted by atomic mass is 16.7. The van der Waals surface area contributed by atoms with Gasteiger partial charge in [-0.1, -0.05) is 219 Å². The maximum absolute atomic E-state index is 13.2. The van der Waals surface area contributed by atoms with Crippen molar-refractivity contribution in [2.75, 3.05) is 13.2 Å². The number of carboxylic acid groups (broad SMARTS) is 1. The number of hydrogen-bond donors (Lipinski definition) is 3. The Balaban J connectivity index is 2.76. The van der Waals surface area contributed by atoms with E-state index < -0.39 is 67.3 Å². The number of allylic oxidation sites excluding steroid dienone is 22. The molecule has 0 aromatic heterocycles. The summed E-state index contributed by atoms with van der Waals surface area (Å²) >= 11 is 0. The molecule has 0 amide bonds. The minimum absolute atomic E-state index is 0.00628. The molecular formula is C69H108O12. The van der Waals surface area contributed by atoms with E-state index in [0.717, 1.165) is 103 Å². The summed E-state index contributed by atoms with van der Waals surface area (Å²) in [5.74, 6) is -3.31. The quantitative estimate of drug-likeness (QED) is 0.0228. The number of esters is 3. The van der Waals surface area contributed by atoms with Crippen molar-refractivity contribution >= 4 is 23.9 Å². The Hall–Kier alpha value is -5.14. The van der Waals surface area contributed by atoms with Crippen LogP contribution in [-0.4, -0.2) is 89.2 Å². The fourth-order valence-electron chi connectivity index (χ4n) is 8.50. The molecule has 0 aromatic rings. The van der Waals surface area contributed by atoms with Gasteiger partial charge in [0.2, 0.25) is 0 Å². The minimum atomic E-state index is -1.93. The van der Waals surface area contributed by atoms with Crippen LogP contribution in [0.3, 0.4) is 0 Å². The third kappa shape index (κ3) is 45.1. The predicted molar refractivity (Wildman–Crippen MR) is 330 cm³/mol. The van der Waals surface area contributed by atoms with Gasteiger partial charge in [0, 0.05) is 19.3 Å². The van der Waals surface area contributed by atoms with Gasteiger partial charge in [-0.2, -0.15) is 0 Å². The lowest BCUT2D eigenvalue weighted by Gasteiger charge is -2.40. The molecule has 1 aliphatic heterocycles. The summed E-state index contributed by atoms with van der Waals surface area (Å²) in [5, 5.41) is 31.5. The number of aliphatic hydroxyl groups is 2. The molecule has 0 bridgehead atoms. The van der Waals surface area contributed by atoms with Crippen molar-refractivity contribution in [3.05, 3.63) is 134 Å². The third-order valence-corrected chi connectivity index (χ3v) is 13.2. The van der Waals surface area contributed by atoms with E-state index in [0.29, 0.717) is 25.7 Å². The summed E-state index contributed by atoms with van der Waals surface area (Å²) in [4.78, 5) is 51.2. The van der Waals surface area contributed by atoms with E-state index in [4.69, 9.17) is 23.7 Å². The Bertz CT molecular complexity index is 1920. The third-order valence-electron chi connectivity index (χ3n) is 13.2. The second kappa shape index (κ2) is 55.4. The topological polar surface area (TPSA) is 175 Å².